The summed E-state index contributed by atoms with van der Waals surface area (Å²) in [5.41, 5.74) is 2.04. The fourth-order valence-electron chi connectivity index (χ4n) is 4.29. The second-order valence-corrected chi connectivity index (χ2v) is 9.15. The lowest BCUT2D eigenvalue weighted by molar-refractivity contribution is -0.140. The van der Waals surface area contributed by atoms with Crippen LogP contribution in [-0.2, 0) is 26.4 Å². The first kappa shape index (κ1) is 22.4. The summed E-state index contributed by atoms with van der Waals surface area (Å²) in [6, 6.07) is 12.5. The molecule has 1 aromatic carbocycles. The first-order chi connectivity index (χ1) is 15.5. The predicted molar refractivity (Wildman–Crippen MR) is 121 cm³/mol. The molecule has 32 heavy (non-hydrogen) atoms. The first-order valence-corrected chi connectivity index (χ1v) is 11.8. The topological polar surface area (TPSA) is 91.0 Å². The van der Waals surface area contributed by atoms with E-state index in [0.717, 1.165) is 29.3 Å². The number of benzene rings is 1. The van der Waals surface area contributed by atoms with E-state index in [-0.39, 0.29) is 12.6 Å². The van der Waals surface area contributed by atoms with E-state index < -0.39 is 23.4 Å². The molecule has 0 aliphatic carbocycles. The van der Waals surface area contributed by atoms with E-state index in [2.05, 4.69) is 10.7 Å². The van der Waals surface area contributed by atoms with Crippen molar-refractivity contribution in [2.45, 2.75) is 44.4 Å². The fraction of sp³-hybridized carbons (Fsp3) is 0.435. The molecule has 2 atom stereocenters. The van der Waals surface area contributed by atoms with Gasteiger partial charge in [0.05, 0.1) is 12.6 Å². The molecule has 2 N–H and O–H groups in total. The third-order valence-electron chi connectivity index (χ3n) is 5.94. The lowest BCUT2D eigenvalue weighted by Crippen LogP contribution is -2.51. The lowest BCUT2D eigenvalue weighted by atomic mass is 9.87. The van der Waals surface area contributed by atoms with Crippen LogP contribution in [-0.4, -0.2) is 53.6 Å². The molecule has 0 spiro atoms. The monoisotopic (exact) mass is 456 g/mol. The second kappa shape index (κ2) is 9.81. The number of nitrogens with one attached hydrogen (secondary N) is 2. The Hall–Kier alpha value is -2.75. The third kappa shape index (κ3) is 4.69. The minimum atomic E-state index is -1.18. The Labute approximate surface area is 191 Å². The van der Waals surface area contributed by atoms with Crippen LogP contribution in [0.2, 0.25) is 0 Å². The van der Waals surface area contributed by atoms with E-state index in [1.165, 1.54) is 0 Å². The SMILES string of the molecule is CC[C@]1(c2ccccc2)NC(=O)N(NC(=O)CN(Cc2cccs2)C[C@H]2CCCO2)C1=O. The zero-order valence-corrected chi connectivity index (χ0v) is 18.9. The van der Waals surface area contributed by atoms with Crippen LogP contribution in [0.4, 0.5) is 4.79 Å². The Morgan fingerprint density at radius 3 is 2.75 bits per heavy atom. The molecule has 4 rings (SSSR count). The summed E-state index contributed by atoms with van der Waals surface area (Å²) < 4.78 is 5.74. The molecule has 9 heteroatoms. The molecule has 2 fully saturated rings. The van der Waals surface area contributed by atoms with Gasteiger partial charge in [0.2, 0.25) is 0 Å². The number of hydrogen-bond donors (Lipinski definition) is 2. The number of imide groups is 1. The van der Waals surface area contributed by atoms with E-state index in [1.807, 2.05) is 47.5 Å². The molecule has 2 aromatic rings. The Morgan fingerprint density at radius 2 is 2.09 bits per heavy atom. The minimum absolute atomic E-state index is 0.0548. The number of urea groups is 1. The van der Waals surface area contributed by atoms with Crippen molar-refractivity contribution in [3.63, 3.8) is 0 Å². The van der Waals surface area contributed by atoms with Crippen LogP contribution in [0.3, 0.4) is 0 Å². The van der Waals surface area contributed by atoms with Crippen molar-refractivity contribution < 1.29 is 19.1 Å². The van der Waals surface area contributed by atoms with Crippen molar-refractivity contribution in [2.24, 2.45) is 0 Å². The summed E-state index contributed by atoms with van der Waals surface area (Å²) in [7, 11) is 0. The number of nitrogens with zero attached hydrogens (tertiary/aromatic N) is 2. The number of rotatable bonds is 9. The van der Waals surface area contributed by atoms with Crippen molar-refractivity contribution in [3.8, 4) is 0 Å². The quantitative estimate of drug-likeness (QED) is 0.566. The van der Waals surface area contributed by atoms with Crippen LogP contribution in [0.25, 0.3) is 0 Å². The maximum Gasteiger partial charge on any atom is 0.344 e. The summed E-state index contributed by atoms with van der Waals surface area (Å²) in [5, 5.41) is 5.59. The molecule has 1 aromatic heterocycles. The minimum Gasteiger partial charge on any atom is -0.377 e. The van der Waals surface area contributed by atoms with Gasteiger partial charge in [-0.3, -0.25) is 19.9 Å². The molecule has 0 unspecified atom stereocenters. The molecule has 3 heterocycles. The van der Waals surface area contributed by atoms with E-state index in [4.69, 9.17) is 4.74 Å². The van der Waals surface area contributed by atoms with Gasteiger partial charge in [0.15, 0.2) is 0 Å². The van der Waals surface area contributed by atoms with E-state index in [9.17, 15) is 14.4 Å². The maximum atomic E-state index is 13.2. The Bertz CT molecular complexity index is 946. The molecule has 0 saturated carbocycles. The average molecular weight is 457 g/mol. The van der Waals surface area contributed by atoms with Gasteiger partial charge in [-0.1, -0.05) is 43.3 Å². The standard InChI is InChI=1S/C23H28N4O4S/c1-2-23(17-8-4-3-5-9-17)21(29)27(22(30)24-23)25-20(28)16-26(14-18-10-6-12-31-18)15-19-11-7-13-32-19/h3-5,7-9,11,13,18H,2,6,10,12,14-16H2,1H3,(H,24,30)(H,25,28)/t18-,23-/m1/s1. The highest BCUT2D eigenvalue weighted by atomic mass is 32.1. The molecule has 2 aliphatic heterocycles. The van der Waals surface area contributed by atoms with Crippen molar-refractivity contribution in [3.05, 3.63) is 58.3 Å². The average Bonchev–Trinajstić information content (AvgIpc) is 3.54. The number of ether oxygens (including phenoxy) is 1. The van der Waals surface area contributed by atoms with Gasteiger partial charge in [-0.25, -0.2) is 4.79 Å². The zero-order chi connectivity index (χ0) is 22.6. The third-order valence-corrected chi connectivity index (χ3v) is 6.80. The number of amides is 4. The summed E-state index contributed by atoms with van der Waals surface area (Å²) >= 11 is 1.63. The lowest BCUT2D eigenvalue weighted by Gasteiger charge is -2.26. The predicted octanol–water partition coefficient (Wildman–Crippen LogP) is 2.62. The summed E-state index contributed by atoms with van der Waals surface area (Å²) in [6.07, 6.45) is 2.44. The van der Waals surface area contributed by atoms with Crippen molar-refractivity contribution >= 4 is 29.2 Å². The van der Waals surface area contributed by atoms with Crippen LogP contribution in [0.15, 0.2) is 47.8 Å². The Kier molecular flexibility index (Phi) is 6.88. The normalized spacial score (nSPS) is 23.1. The highest BCUT2D eigenvalue weighted by Crippen LogP contribution is 2.31. The van der Waals surface area contributed by atoms with Gasteiger partial charge in [-0.05, 0) is 36.3 Å². The Morgan fingerprint density at radius 1 is 1.28 bits per heavy atom. The molecule has 0 bridgehead atoms. The fourth-order valence-corrected chi connectivity index (χ4v) is 5.03. The summed E-state index contributed by atoms with van der Waals surface area (Å²) in [5.74, 6) is -0.892. The molecule has 4 amide bonds. The van der Waals surface area contributed by atoms with Gasteiger partial charge in [0.1, 0.15) is 5.54 Å². The largest absolute Gasteiger partial charge is 0.377 e. The van der Waals surface area contributed by atoms with Gasteiger partial charge in [0.25, 0.3) is 11.8 Å². The highest BCUT2D eigenvalue weighted by Gasteiger charge is 2.52. The van der Waals surface area contributed by atoms with Crippen LogP contribution >= 0.6 is 11.3 Å². The smallest absolute Gasteiger partial charge is 0.344 e. The first-order valence-electron chi connectivity index (χ1n) is 10.9. The molecule has 170 valence electrons. The van der Waals surface area contributed by atoms with Gasteiger partial charge in [-0.15, -0.1) is 11.3 Å². The number of carbonyl (C=O) groups is 3. The number of hydrazine groups is 1. The number of hydrogen-bond acceptors (Lipinski definition) is 6. The van der Waals surface area contributed by atoms with Crippen molar-refractivity contribution in [2.75, 3.05) is 19.7 Å². The maximum absolute atomic E-state index is 13.2. The molecule has 0 radical (unpaired) electrons. The van der Waals surface area contributed by atoms with Gasteiger partial charge < -0.3 is 10.1 Å². The van der Waals surface area contributed by atoms with Crippen LogP contribution in [0.1, 0.15) is 36.6 Å². The second-order valence-electron chi connectivity index (χ2n) is 8.11. The molecule has 2 aliphatic rings. The number of carbonyl (C=O) groups excluding carboxylic acids is 3. The molecule has 8 nitrogen and oxygen atoms in total. The van der Waals surface area contributed by atoms with E-state index >= 15 is 0 Å². The van der Waals surface area contributed by atoms with Crippen LogP contribution in [0.5, 0.6) is 0 Å². The number of thiophene rings is 1. The summed E-state index contributed by atoms with van der Waals surface area (Å²) in [4.78, 5) is 41.9. The Balaban J connectivity index is 1.44. The highest BCUT2D eigenvalue weighted by molar-refractivity contribution is 7.09. The molecular formula is C23H28N4O4S. The van der Waals surface area contributed by atoms with Crippen molar-refractivity contribution in [1.82, 2.24) is 20.7 Å². The van der Waals surface area contributed by atoms with Gasteiger partial charge in [0, 0.05) is 24.6 Å². The zero-order valence-electron chi connectivity index (χ0n) is 18.1. The van der Waals surface area contributed by atoms with Crippen molar-refractivity contribution in [1.29, 1.82) is 0 Å². The molecular weight excluding hydrogens is 428 g/mol. The summed E-state index contributed by atoms with van der Waals surface area (Å²) in [6.45, 7) is 3.85. The molecule has 2 saturated heterocycles. The van der Waals surface area contributed by atoms with Gasteiger partial charge in [-0.2, -0.15) is 5.01 Å². The van der Waals surface area contributed by atoms with E-state index in [0.29, 0.717) is 25.1 Å². The van der Waals surface area contributed by atoms with E-state index in [1.54, 1.807) is 23.5 Å². The van der Waals surface area contributed by atoms with Crippen LogP contribution < -0.4 is 10.7 Å². The van der Waals surface area contributed by atoms with Gasteiger partial charge >= 0.3 is 6.03 Å². The van der Waals surface area contributed by atoms with Crippen LogP contribution in [0, 0.1) is 0 Å².